The average molecular weight is 441 g/mol. The normalized spacial score (nSPS) is 14.9. The van der Waals surface area contributed by atoms with E-state index in [1.165, 1.54) is 48.5 Å². The van der Waals surface area contributed by atoms with Gasteiger partial charge in [-0.05, 0) is 48.0 Å². The smallest absolute Gasteiger partial charge is 0.335 e. The minimum Gasteiger partial charge on any atom is -0.478 e. The molecule has 2 aromatic carbocycles. The highest BCUT2D eigenvalue weighted by Gasteiger charge is 2.33. The lowest BCUT2D eigenvalue weighted by Crippen LogP contribution is -2.30. The van der Waals surface area contributed by atoms with Crippen LogP contribution in [0.3, 0.4) is 0 Å². The topological polar surface area (TPSA) is 99.9 Å². The van der Waals surface area contributed by atoms with Gasteiger partial charge >= 0.3 is 12.0 Å². The van der Waals surface area contributed by atoms with Crippen LogP contribution in [0.25, 0.3) is 17.4 Å². The zero-order chi connectivity index (χ0) is 22.1. The van der Waals surface area contributed by atoms with Crippen LogP contribution < -0.4 is 5.32 Å². The first-order chi connectivity index (χ1) is 14.8. The Morgan fingerprint density at radius 2 is 1.87 bits per heavy atom. The molecular weight excluding hydrogens is 427 g/mol. The predicted molar refractivity (Wildman–Crippen MR) is 110 cm³/mol. The van der Waals surface area contributed by atoms with Gasteiger partial charge in [-0.2, -0.15) is 0 Å². The van der Waals surface area contributed by atoms with Gasteiger partial charge in [0, 0.05) is 11.6 Å². The van der Waals surface area contributed by atoms with Crippen LogP contribution in [-0.2, 0) is 11.3 Å². The summed E-state index contributed by atoms with van der Waals surface area (Å²) in [6.07, 6.45) is 1.36. The molecular formula is C22H14ClFN2O5. The molecule has 2 heterocycles. The Morgan fingerprint density at radius 1 is 1.13 bits per heavy atom. The third-order valence-corrected chi connectivity index (χ3v) is 4.94. The second-order valence-electron chi connectivity index (χ2n) is 6.71. The SMILES string of the molecule is O=C(O)c1ccc(Cl)c(-c2ccc(/C=C3\NC(=O)N(Cc4ccc(F)cc4)C3=O)o2)c1. The quantitative estimate of drug-likeness (QED) is 0.448. The number of imide groups is 1. The molecule has 1 fully saturated rings. The second-order valence-corrected chi connectivity index (χ2v) is 7.11. The molecule has 9 heteroatoms. The van der Waals surface area contributed by atoms with Crippen molar-refractivity contribution in [3.8, 4) is 11.3 Å². The summed E-state index contributed by atoms with van der Waals surface area (Å²) in [5.74, 6) is -1.51. The number of urea groups is 1. The molecule has 1 aliphatic heterocycles. The van der Waals surface area contributed by atoms with Crippen molar-refractivity contribution in [2.75, 3.05) is 0 Å². The van der Waals surface area contributed by atoms with Crippen molar-refractivity contribution >= 4 is 35.6 Å². The molecule has 2 N–H and O–H groups in total. The number of carbonyl (C=O) groups excluding carboxylic acids is 2. The third-order valence-electron chi connectivity index (χ3n) is 4.61. The summed E-state index contributed by atoms with van der Waals surface area (Å²) in [6, 6.07) is 12.2. The van der Waals surface area contributed by atoms with Gasteiger partial charge < -0.3 is 14.8 Å². The number of hydrogen-bond donors (Lipinski definition) is 2. The maximum Gasteiger partial charge on any atom is 0.335 e. The molecule has 7 nitrogen and oxygen atoms in total. The molecule has 31 heavy (non-hydrogen) atoms. The first-order valence-electron chi connectivity index (χ1n) is 9.04. The highest BCUT2D eigenvalue weighted by Crippen LogP contribution is 2.31. The first-order valence-corrected chi connectivity index (χ1v) is 9.41. The number of nitrogens with zero attached hydrogens (tertiary/aromatic N) is 1. The van der Waals surface area contributed by atoms with E-state index >= 15 is 0 Å². The van der Waals surface area contributed by atoms with Gasteiger partial charge in [0.1, 0.15) is 23.0 Å². The van der Waals surface area contributed by atoms with Crippen molar-refractivity contribution in [1.82, 2.24) is 10.2 Å². The number of carbonyl (C=O) groups is 3. The van der Waals surface area contributed by atoms with E-state index in [0.29, 0.717) is 21.9 Å². The molecule has 0 radical (unpaired) electrons. The maximum atomic E-state index is 13.1. The van der Waals surface area contributed by atoms with Gasteiger partial charge in [-0.15, -0.1) is 0 Å². The zero-order valence-electron chi connectivity index (χ0n) is 15.8. The fraction of sp³-hybridized carbons (Fsp3) is 0.0455. The molecule has 4 rings (SSSR count). The van der Waals surface area contributed by atoms with Gasteiger partial charge in [0.25, 0.3) is 5.91 Å². The Kier molecular flexibility index (Phi) is 5.31. The number of carboxylic acids is 1. The van der Waals surface area contributed by atoms with Crippen molar-refractivity contribution in [2.24, 2.45) is 0 Å². The van der Waals surface area contributed by atoms with E-state index in [4.69, 9.17) is 21.1 Å². The number of hydrogen-bond acceptors (Lipinski definition) is 4. The largest absolute Gasteiger partial charge is 0.478 e. The Hall–Kier alpha value is -3.91. The van der Waals surface area contributed by atoms with Crippen molar-refractivity contribution in [2.45, 2.75) is 6.54 Å². The van der Waals surface area contributed by atoms with E-state index in [2.05, 4.69) is 5.32 Å². The number of aromatic carboxylic acids is 1. The highest BCUT2D eigenvalue weighted by atomic mass is 35.5. The number of halogens is 2. The Morgan fingerprint density at radius 3 is 2.58 bits per heavy atom. The fourth-order valence-electron chi connectivity index (χ4n) is 3.05. The third kappa shape index (κ3) is 4.19. The Balaban J connectivity index is 1.56. The number of carboxylic acid groups (broad SMARTS) is 1. The van der Waals surface area contributed by atoms with Gasteiger partial charge in [-0.3, -0.25) is 9.69 Å². The van der Waals surface area contributed by atoms with Crippen LogP contribution in [0.4, 0.5) is 9.18 Å². The maximum absolute atomic E-state index is 13.1. The predicted octanol–water partition coefficient (Wildman–Crippen LogP) is 4.53. The lowest BCUT2D eigenvalue weighted by atomic mass is 10.1. The molecule has 3 amide bonds. The summed E-state index contributed by atoms with van der Waals surface area (Å²) in [7, 11) is 0. The summed E-state index contributed by atoms with van der Waals surface area (Å²) >= 11 is 6.15. The monoisotopic (exact) mass is 440 g/mol. The van der Waals surface area contributed by atoms with Crippen molar-refractivity contribution < 1.29 is 28.3 Å². The van der Waals surface area contributed by atoms with Gasteiger partial charge in [0.15, 0.2) is 0 Å². The molecule has 0 bridgehead atoms. The minimum absolute atomic E-state index is 0.0106. The summed E-state index contributed by atoms with van der Waals surface area (Å²) in [5.41, 5.74) is 1.04. The average Bonchev–Trinajstić information content (AvgIpc) is 3.30. The summed E-state index contributed by atoms with van der Waals surface area (Å²) in [4.78, 5) is 37.0. The van der Waals surface area contributed by atoms with Crippen LogP contribution in [0.5, 0.6) is 0 Å². The summed E-state index contributed by atoms with van der Waals surface area (Å²) in [6.45, 7) is -0.0106. The van der Waals surface area contributed by atoms with E-state index in [1.807, 2.05) is 0 Å². The van der Waals surface area contributed by atoms with Crippen LogP contribution in [0.15, 0.2) is 64.7 Å². The molecule has 3 aromatic rings. The molecule has 1 aromatic heterocycles. The second kappa shape index (κ2) is 8.08. The Bertz CT molecular complexity index is 1230. The van der Waals surface area contributed by atoms with Crippen LogP contribution in [0, 0.1) is 5.82 Å². The molecule has 1 saturated heterocycles. The summed E-state index contributed by atoms with van der Waals surface area (Å²) in [5, 5.41) is 11.9. The highest BCUT2D eigenvalue weighted by molar-refractivity contribution is 6.33. The van der Waals surface area contributed by atoms with Crippen LogP contribution in [0.1, 0.15) is 21.7 Å². The molecule has 1 aliphatic rings. The number of furan rings is 1. The van der Waals surface area contributed by atoms with E-state index in [-0.39, 0.29) is 23.6 Å². The van der Waals surface area contributed by atoms with Crippen molar-refractivity contribution in [3.63, 3.8) is 0 Å². The number of benzene rings is 2. The van der Waals surface area contributed by atoms with Crippen LogP contribution in [-0.4, -0.2) is 27.9 Å². The lowest BCUT2D eigenvalue weighted by molar-refractivity contribution is -0.123. The fourth-order valence-corrected chi connectivity index (χ4v) is 3.26. The van der Waals surface area contributed by atoms with E-state index in [1.54, 1.807) is 12.1 Å². The molecule has 0 saturated carbocycles. The van der Waals surface area contributed by atoms with Gasteiger partial charge in [-0.25, -0.2) is 14.0 Å². The first kappa shape index (κ1) is 20.4. The lowest BCUT2D eigenvalue weighted by Gasteiger charge is -2.11. The van der Waals surface area contributed by atoms with Gasteiger partial charge in [0.05, 0.1) is 17.1 Å². The molecule has 0 aliphatic carbocycles. The molecule has 0 atom stereocenters. The van der Waals surface area contributed by atoms with Crippen molar-refractivity contribution in [1.29, 1.82) is 0 Å². The molecule has 156 valence electrons. The van der Waals surface area contributed by atoms with E-state index in [0.717, 1.165) is 4.90 Å². The summed E-state index contributed by atoms with van der Waals surface area (Å²) < 4.78 is 18.7. The van der Waals surface area contributed by atoms with Crippen molar-refractivity contribution in [3.05, 3.63) is 88.0 Å². The van der Waals surface area contributed by atoms with Crippen LogP contribution in [0.2, 0.25) is 5.02 Å². The van der Waals surface area contributed by atoms with Gasteiger partial charge in [0.2, 0.25) is 0 Å². The molecule has 0 spiro atoms. The number of nitrogens with one attached hydrogen (secondary N) is 1. The number of rotatable bonds is 5. The van der Waals surface area contributed by atoms with E-state index in [9.17, 15) is 18.8 Å². The number of amides is 3. The Labute approximate surface area is 180 Å². The van der Waals surface area contributed by atoms with E-state index < -0.39 is 23.7 Å². The molecule has 0 unspecified atom stereocenters. The van der Waals surface area contributed by atoms with Gasteiger partial charge in [-0.1, -0.05) is 23.7 Å². The standard InChI is InChI=1S/C22H14ClFN2O5/c23-17-7-3-13(21(28)29)9-16(17)19-8-6-15(31-19)10-18-20(27)26(22(30)25-18)11-12-1-4-14(24)5-2-12/h1-10H,11H2,(H,25,30)(H,28,29)/b18-10-. The minimum atomic E-state index is -1.10. The zero-order valence-corrected chi connectivity index (χ0v) is 16.5. The van der Waals surface area contributed by atoms with Crippen LogP contribution >= 0.6 is 11.6 Å².